The number of nitrogens with one attached hydrogen (secondary N) is 2. The summed E-state index contributed by atoms with van der Waals surface area (Å²) >= 11 is 1.29. The Morgan fingerprint density at radius 2 is 1.83 bits per heavy atom. The Bertz CT molecular complexity index is 1230. The summed E-state index contributed by atoms with van der Waals surface area (Å²) in [6, 6.07) is 15.4. The number of amides is 3. The molecule has 1 heterocycles. The lowest BCUT2D eigenvalue weighted by atomic mass is 9.85. The van der Waals surface area contributed by atoms with E-state index >= 15 is 0 Å². The SMILES string of the molecule is CCCCC1(C(=O)O)SC[C@@H](C(C)(C)C)N1C(=O)CNC(=O)Nc1cccc([C@H](C)C(=O)OCc2ccccc2)c1. The number of benzene rings is 2. The lowest BCUT2D eigenvalue weighted by molar-refractivity contribution is -0.155. The first-order valence-electron chi connectivity index (χ1n) is 13.9. The molecule has 0 aromatic heterocycles. The van der Waals surface area contributed by atoms with Crippen LogP contribution in [0.4, 0.5) is 10.5 Å². The van der Waals surface area contributed by atoms with Crippen LogP contribution in [0.15, 0.2) is 54.6 Å². The third-order valence-corrected chi connectivity index (χ3v) is 8.81. The van der Waals surface area contributed by atoms with Crippen molar-refractivity contribution >= 4 is 41.3 Å². The van der Waals surface area contributed by atoms with Crippen LogP contribution in [-0.2, 0) is 25.7 Å². The molecule has 3 rings (SSSR count). The summed E-state index contributed by atoms with van der Waals surface area (Å²) in [5, 5.41) is 15.5. The van der Waals surface area contributed by atoms with Crippen molar-refractivity contribution in [2.75, 3.05) is 17.6 Å². The second-order valence-electron chi connectivity index (χ2n) is 11.4. The standard InChI is InChI=1S/C31H41N3O6S/c1-6-7-16-31(28(37)38)34(25(20-41-31)30(3,4)5)26(35)18-32-29(39)33-24-15-11-14-23(17-24)21(2)27(36)40-19-22-12-9-8-10-13-22/h8-15,17,21,25H,6-7,16,18-20H2,1-5H3,(H,37,38)(H2,32,33,39)/t21-,25-,31?/m0/s1. The highest BCUT2D eigenvalue weighted by molar-refractivity contribution is 8.01. The first-order chi connectivity index (χ1) is 19.4. The number of carbonyl (C=O) groups is 4. The molecule has 0 spiro atoms. The minimum atomic E-state index is -1.36. The quantitative estimate of drug-likeness (QED) is 0.293. The predicted molar refractivity (Wildman–Crippen MR) is 161 cm³/mol. The maximum atomic E-state index is 13.5. The molecule has 0 radical (unpaired) electrons. The molecule has 3 atom stereocenters. The molecule has 41 heavy (non-hydrogen) atoms. The Labute approximate surface area is 246 Å². The average molecular weight is 584 g/mol. The number of nitrogens with zero attached hydrogens (tertiary/aromatic N) is 1. The van der Waals surface area contributed by atoms with E-state index in [1.54, 1.807) is 31.2 Å². The number of urea groups is 1. The molecule has 2 aromatic carbocycles. The van der Waals surface area contributed by atoms with Gasteiger partial charge in [0.2, 0.25) is 5.91 Å². The van der Waals surface area contributed by atoms with Crippen molar-refractivity contribution in [2.24, 2.45) is 5.41 Å². The first-order valence-corrected chi connectivity index (χ1v) is 14.9. The summed E-state index contributed by atoms with van der Waals surface area (Å²) in [5.41, 5.74) is 1.67. The van der Waals surface area contributed by atoms with Crippen molar-refractivity contribution < 1.29 is 29.0 Å². The molecule has 2 aromatic rings. The molecule has 3 amide bonds. The number of hydrogen-bond acceptors (Lipinski definition) is 6. The lowest BCUT2D eigenvalue weighted by Gasteiger charge is -2.41. The molecule has 1 unspecified atom stereocenters. The molecule has 1 fully saturated rings. The van der Waals surface area contributed by atoms with Crippen LogP contribution in [0.3, 0.4) is 0 Å². The number of rotatable bonds is 11. The molecule has 0 bridgehead atoms. The number of carboxylic acid groups (broad SMARTS) is 1. The fourth-order valence-electron chi connectivity index (χ4n) is 4.80. The van der Waals surface area contributed by atoms with E-state index in [0.29, 0.717) is 29.8 Å². The predicted octanol–water partition coefficient (Wildman–Crippen LogP) is 5.62. The Balaban J connectivity index is 1.63. The molecular formula is C31H41N3O6S. The number of ether oxygens (including phenoxy) is 1. The molecule has 3 N–H and O–H groups in total. The number of esters is 1. The van der Waals surface area contributed by atoms with Gasteiger partial charge in [-0.3, -0.25) is 9.59 Å². The van der Waals surface area contributed by atoms with Crippen molar-refractivity contribution in [2.45, 2.75) is 77.3 Å². The number of aliphatic carboxylic acids is 1. The summed E-state index contributed by atoms with van der Waals surface area (Å²) in [5.74, 6) is -1.90. The van der Waals surface area contributed by atoms with Gasteiger partial charge in [-0.05, 0) is 48.4 Å². The summed E-state index contributed by atoms with van der Waals surface area (Å²) in [7, 11) is 0. The van der Waals surface area contributed by atoms with Gasteiger partial charge in [0.15, 0.2) is 4.87 Å². The zero-order valence-electron chi connectivity index (χ0n) is 24.4. The van der Waals surface area contributed by atoms with E-state index in [1.165, 1.54) is 16.7 Å². The number of anilines is 1. The van der Waals surface area contributed by atoms with E-state index in [-0.39, 0.29) is 30.6 Å². The average Bonchev–Trinajstić information content (AvgIpc) is 3.35. The van der Waals surface area contributed by atoms with Gasteiger partial charge in [-0.1, -0.05) is 76.6 Å². The Morgan fingerprint density at radius 1 is 1.12 bits per heavy atom. The van der Waals surface area contributed by atoms with Crippen molar-refractivity contribution in [1.82, 2.24) is 10.2 Å². The van der Waals surface area contributed by atoms with Crippen LogP contribution in [0.25, 0.3) is 0 Å². The fourth-order valence-corrected chi connectivity index (χ4v) is 6.66. The smallest absolute Gasteiger partial charge is 0.340 e. The molecule has 0 saturated carbocycles. The van der Waals surface area contributed by atoms with Crippen LogP contribution in [0.1, 0.15) is 70.9 Å². The Hall–Kier alpha value is -3.53. The van der Waals surface area contributed by atoms with E-state index < -0.39 is 28.7 Å². The maximum Gasteiger partial charge on any atom is 0.340 e. The van der Waals surface area contributed by atoms with Crippen LogP contribution < -0.4 is 10.6 Å². The molecular weight excluding hydrogens is 542 g/mol. The van der Waals surface area contributed by atoms with E-state index in [9.17, 15) is 24.3 Å². The van der Waals surface area contributed by atoms with Gasteiger partial charge in [-0.15, -0.1) is 11.8 Å². The highest BCUT2D eigenvalue weighted by Crippen LogP contribution is 2.48. The first kappa shape index (κ1) is 32.0. The van der Waals surface area contributed by atoms with Gasteiger partial charge in [0.05, 0.1) is 12.5 Å². The summed E-state index contributed by atoms with van der Waals surface area (Å²) in [6.07, 6.45) is 1.82. The Kier molecular flexibility index (Phi) is 10.8. The lowest BCUT2D eigenvalue weighted by Crippen LogP contribution is -2.59. The monoisotopic (exact) mass is 583 g/mol. The third-order valence-electron chi connectivity index (χ3n) is 7.27. The van der Waals surface area contributed by atoms with Gasteiger partial charge < -0.3 is 25.4 Å². The topological polar surface area (TPSA) is 125 Å². The summed E-state index contributed by atoms with van der Waals surface area (Å²) in [6.45, 7) is 9.51. The van der Waals surface area contributed by atoms with Crippen molar-refractivity contribution in [3.63, 3.8) is 0 Å². The van der Waals surface area contributed by atoms with Crippen molar-refractivity contribution in [3.8, 4) is 0 Å². The number of unbranched alkanes of at least 4 members (excludes halogenated alkanes) is 1. The fraction of sp³-hybridized carbons (Fsp3) is 0.484. The van der Waals surface area contributed by atoms with E-state index in [1.807, 2.05) is 58.0 Å². The number of carbonyl (C=O) groups excluding carboxylic acids is 3. The van der Waals surface area contributed by atoms with E-state index in [2.05, 4.69) is 10.6 Å². The minimum Gasteiger partial charge on any atom is -0.479 e. The molecule has 0 aliphatic carbocycles. The van der Waals surface area contributed by atoms with Gasteiger partial charge in [0.1, 0.15) is 6.61 Å². The highest BCUT2D eigenvalue weighted by Gasteiger charge is 2.57. The number of carboxylic acids is 1. The molecule has 222 valence electrons. The van der Waals surface area contributed by atoms with Gasteiger partial charge in [0, 0.05) is 17.5 Å². The van der Waals surface area contributed by atoms with Crippen LogP contribution in [0.2, 0.25) is 0 Å². The van der Waals surface area contributed by atoms with Crippen molar-refractivity contribution in [3.05, 3.63) is 65.7 Å². The molecule has 10 heteroatoms. The van der Waals surface area contributed by atoms with E-state index in [4.69, 9.17) is 4.74 Å². The maximum absolute atomic E-state index is 13.5. The second kappa shape index (κ2) is 13.9. The summed E-state index contributed by atoms with van der Waals surface area (Å²) < 4.78 is 5.45. The highest BCUT2D eigenvalue weighted by atomic mass is 32.2. The Morgan fingerprint density at radius 3 is 2.46 bits per heavy atom. The van der Waals surface area contributed by atoms with Gasteiger partial charge >= 0.3 is 18.0 Å². The van der Waals surface area contributed by atoms with Crippen LogP contribution in [0, 0.1) is 5.41 Å². The van der Waals surface area contributed by atoms with Crippen molar-refractivity contribution in [1.29, 1.82) is 0 Å². The van der Waals surface area contributed by atoms with Crippen LogP contribution in [-0.4, -0.2) is 57.1 Å². The molecule has 1 saturated heterocycles. The molecule has 1 aliphatic heterocycles. The third kappa shape index (κ3) is 8.03. The van der Waals surface area contributed by atoms with Gasteiger partial charge in [-0.25, -0.2) is 9.59 Å². The number of hydrogen-bond donors (Lipinski definition) is 3. The second-order valence-corrected chi connectivity index (χ2v) is 12.7. The minimum absolute atomic E-state index is 0.172. The van der Waals surface area contributed by atoms with Crippen LogP contribution in [0.5, 0.6) is 0 Å². The molecule has 1 aliphatic rings. The normalized spacial score (nSPS) is 19.3. The number of thioether (sulfide) groups is 1. The summed E-state index contributed by atoms with van der Waals surface area (Å²) in [4.78, 5) is 51.5. The molecule has 9 nitrogen and oxygen atoms in total. The zero-order valence-corrected chi connectivity index (χ0v) is 25.3. The van der Waals surface area contributed by atoms with Gasteiger partial charge in [-0.2, -0.15) is 0 Å². The van der Waals surface area contributed by atoms with Crippen LogP contribution >= 0.6 is 11.8 Å². The van der Waals surface area contributed by atoms with Gasteiger partial charge in [0.25, 0.3) is 0 Å². The largest absolute Gasteiger partial charge is 0.479 e. The zero-order chi connectivity index (χ0) is 30.2. The van der Waals surface area contributed by atoms with E-state index in [0.717, 1.165) is 12.0 Å².